The maximum atomic E-state index is 14.1. The number of ether oxygens (including phenoxy) is 2. The number of anilines is 1. The van der Waals surface area contributed by atoms with Crippen LogP contribution in [0.3, 0.4) is 0 Å². The van der Waals surface area contributed by atoms with Crippen molar-refractivity contribution in [3.05, 3.63) is 72.1 Å². The maximum Gasteiger partial charge on any atom is 0.246 e. The first-order chi connectivity index (χ1) is 19.4. The molecular formula is C31H34FN3O5. The first-order valence-corrected chi connectivity index (χ1v) is 14.2. The van der Waals surface area contributed by atoms with Crippen LogP contribution in [0.4, 0.5) is 10.1 Å². The molecule has 5 atom stereocenters. The Labute approximate surface area is 232 Å². The standard InChI is InChI=1S/C31H34FN3O5/c1-2-39-23-14-12-22(13-15-23)33-28(36)25-24-16-17-31(40-24)26(25)30(38)35(18-19-8-10-20(32)11-9-19)27(31)29(37)34-21-6-4-3-5-7-21/h8-17,21,24-27H,2-7,18H2,1H3,(H,33,36)(H,34,37). The van der Waals surface area contributed by atoms with Crippen LogP contribution in [-0.4, -0.2) is 53.0 Å². The summed E-state index contributed by atoms with van der Waals surface area (Å²) in [5, 5.41) is 6.10. The Morgan fingerprint density at radius 2 is 1.77 bits per heavy atom. The van der Waals surface area contributed by atoms with Gasteiger partial charge in [-0.15, -0.1) is 0 Å². The Morgan fingerprint density at radius 3 is 2.48 bits per heavy atom. The number of carbonyl (C=O) groups is 3. The van der Waals surface area contributed by atoms with Crippen molar-refractivity contribution in [2.45, 2.75) is 69.4 Å². The minimum absolute atomic E-state index is 0.0424. The lowest BCUT2D eigenvalue weighted by Crippen LogP contribution is -2.56. The second kappa shape index (κ2) is 10.7. The van der Waals surface area contributed by atoms with Crippen molar-refractivity contribution in [1.82, 2.24) is 10.2 Å². The van der Waals surface area contributed by atoms with E-state index in [9.17, 15) is 18.8 Å². The summed E-state index contributed by atoms with van der Waals surface area (Å²) < 4.78 is 25.5. The lowest BCUT2D eigenvalue weighted by Gasteiger charge is -2.34. The Hall–Kier alpha value is -3.72. The molecule has 1 spiro atoms. The molecular weight excluding hydrogens is 513 g/mol. The summed E-state index contributed by atoms with van der Waals surface area (Å²) in [6.07, 6.45) is 8.03. The number of amides is 3. The van der Waals surface area contributed by atoms with Crippen molar-refractivity contribution in [1.29, 1.82) is 0 Å². The van der Waals surface area contributed by atoms with Crippen LogP contribution < -0.4 is 15.4 Å². The van der Waals surface area contributed by atoms with E-state index in [0.29, 0.717) is 23.6 Å². The number of hydrogen-bond acceptors (Lipinski definition) is 5. The second-order valence-electron chi connectivity index (χ2n) is 11.1. The first kappa shape index (κ1) is 26.5. The van der Waals surface area contributed by atoms with Gasteiger partial charge < -0.3 is 25.0 Å². The third-order valence-corrected chi connectivity index (χ3v) is 8.58. The van der Waals surface area contributed by atoms with Crippen molar-refractivity contribution in [3.8, 4) is 5.75 Å². The smallest absolute Gasteiger partial charge is 0.246 e. The third-order valence-electron chi connectivity index (χ3n) is 8.58. The van der Waals surface area contributed by atoms with Crippen LogP contribution in [0.1, 0.15) is 44.6 Å². The molecule has 6 rings (SSSR count). The van der Waals surface area contributed by atoms with Gasteiger partial charge in [0.2, 0.25) is 17.7 Å². The van der Waals surface area contributed by atoms with Crippen LogP contribution in [0.5, 0.6) is 5.75 Å². The quantitative estimate of drug-likeness (QED) is 0.488. The summed E-state index contributed by atoms with van der Waals surface area (Å²) in [7, 11) is 0. The Kier molecular flexibility index (Phi) is 7.08. The van der Waals surface area contributed by atoms with Crippen LogP contribution >= 0.6 is 0 Å². The van der Waals surface area contributed by atoms with Crippen LogP contribution in [0, 0.1) is 17.7 Å². The SMILES string of the molecule is CCOc1ccc(NC(=O)C2C3C=CC4(O3)C2C(=O)N(Cc2ccc(F)cc2)C4C(=O)NC2CCCCC2)cc1. The topological polar surface area (TPSA) is 97.0 Å². The molecule has 3 aliphatic heterocycles. The van der Waals surface area contributed by atoms with E-state index < -0.39 is 29.6 Å². The van der Waals surface area contributed by atoms with Gasteiger partial charge in [-0.2, -0.15) is 0 Å². The van der Waals surface area contributed by atoms with E-state index >= 15 is 0 Å². The summed E-state index contributed by atoms with van der Waals surface area (Å²) in [6.45, 7) is 2.54. The molecule has 2 aromatic rings. The summed E-state index contributed by atoms with van der Waals surface area (Å²) in [6, 6.07) is 12.0. The van der Waals surface area contributed by atoms with Gasteiger partial charge in [-0.3, -0.25) is 14.4 Å². The molecule has 3 fully saturated rings. The van der Waals surface area contributed by atoms with Crippen molar-refractivity contribution < 1.29 is 28.2 Å². The second-order valence-corrected chi connectivity index (χ2v) is 11.1. The highest BCUT2D eigenvalue weighted by molar-refractivity contribution is 6.02. The van der Waals surface area contributed by atoms with Gasteiger partial charge in [0.15, 0.2) is 0 Å². The number of rotatable bonds is 8. The lowest BCUT2D eigenvalue weighted by molar-refractivity contribution is -0.142. The van der Waals surface area contributed by atoms with Crippen molar-refractivity contribution in [2.24, 2.45) is 11.8 Å². The molecule has 9 heteroatoms. The summed E-state index contributed by atoms with van der Waals surface area (Å²) in [5.41, 5.74) is 0.0198. The number of nitrogens with one attached hydrogen (secondary N) is 2. The molecule has 2 aromatic carbocycles. The number of likely N-dealkylation sites (tertiary alicyclic amines) is 1. The molecule has 4 aliphatic rings. The van der Waals surface area contributed by atoms with E-state index in [1.54, 1.807) is 48.6 Å². The van der Waals surface area contributed by atoms with Crippen molar-refractivity contribution >= 4 is 23.4 Å². The molecule has 1 aliphatic carbocycles. The van der Waals surface area contributed by atoms with Crippen LogP contribution in [0.25, 0.3) is 0 Å². The zero-order valence-electron chi connectivity index (χ0n) is 22.5. The molecule has 3 heterocycles. The number of nitrogens with zero attached hydrogens (tertiary/aromatic N) is 1. The van der Waals surface area contributed by atoms with Crippen LogP contribution in [0.2, 0.25) is 0 Å². The van der Waals surface area contributed by atoms with Crippen LogP contribution in [0.15, 0.2) is 60.7 Å². The van der Waals surface area contributed by atoms with E-state index in [4.69, 9.17) is 9.47 Å². The van der Waals surface area contributed by atoms with E-state index in [2.05, 4.69) is 10.6 Å². The minimum atomic E-state index is -1.25. The molecule has 1 saturated carbocycles. The van der Waals surface area contributed by atoms with Gasteiger partial charge in [-0.1, -0.05) is 43.5 Å². The minimum Gasteiger partial charge on any atom is -0.494 e. The van der Waals surface area contributed by atoms with Gasteiger partial charge in [0, 0.05) is 18.3 Å². The van der Waals surface area contributed by atoms with E-state index in [0.717, 1.165) is 32.1 Å². The lowest BCUT2D eigenvalue weighted by atomic mass is 9.74. The third kappa shape index (κ3) is 4.66. The predicted molar refractivity (Wildman–Crippen MR) is 146 cm³/mol. The highest BCUT2D eigenvalue weighted by atomic mass is 19.1. The van der Waals surface area contributed by atoms with Gasteiger partial charge >= 0.3 is 0 Å². The predicted octanol–water partition coefficient (Wildman–Crippen LogP) is 3.96. The molecule has 2 saturated heterocycles. The summed E-state index contributed by atoms with van der Waals surface area (Å²) >= 11 is 0. The van der Waals surface area contributed by atoms with E-state index in [1.807, 2.05) is 6.92 Å². The van der Waals surface area contributed by atoms with Crippen LogP contribution in [-0.2, 0) is 25.7 Å². The number of carbonyl (C=O) groups excluding carboxylic acids is 3. The molecule has 2 N–H and O–H groups in total. The number of halogens is 1. The fourth-order valence-electron chi connectivity index (χ4n) is 6.78. The van der Waals surface area contributed by atoms with Gasteiger partial charge in [-0.05, 0) is 61.7 Å². The van der Waals surface area contributed by atoms with E-state index in [-0.39, 0.29) is 36.1 Å². The average molecular weight is 548 g/mol. The number of benzene rings is 2. The monoisotopic (exact) mass is 547 g/mol. The Morgan fingerprint density at radius 1 is 1.05 bits per heavy atom. The molecule has 0 radical (unpaired) electrons. The maximum absolute atomic E-state index is 14.1. The van der Waals surface area contributed by atoms with E-state index in [1.165, 1.54) is 17.0 Å². The fraction of sp³-hybridized carbons (Fsp3) is 0.452. The fourth-order valence-corrected chi connectivity index (χ4v) is 6.78. The molecule has 2 bridgehead atoms. The molecule has 40 heavy (non-hydrogen) atoms. The molecule has 5 unspecified atom stereocenters. The summed E-state index contributed by atoms with van der Waals surface area (Å²) in [4.78, 5) is 43.1. The highest BCUT2D eigenvalue weighted by Crippen LogP contribution is 2.55. The van der Waals surface area contributed by atoms with Gasteiger partial charge in [-0.25, -0.2) is 4.39 Å². The molecule has 8 nitrogen and oxygen atoms in total. The normalized spacial score (nSPS) is 28.9. The number of hydrogen-bond donors (Lipinski definition) is 2. The van der Waals surface area contributed by atoms with Gasteiger partial charge in [0.1, 0.15) is 23.2 Å². The van der Waals surface area contributed by atoms with Gasteiger partial charge in [0.05, 0.1) is 24.5 Å². The highest BCUT2D eigenvalue weighted by Gasteiger charge is 2.72. The summed E-state index contributed by atoms with van der Waals surface area (Å²) in [5.74, 6) is -2.27. The average Bonchev–Trinajstić information content (AvgIpc) is 3.59. The largest absolute Gasteiger partial charge is 0.494 e. The van der Waals surface area contributed by atoms with Crippen molar-refractivity contribution in [3.63, 3.8) is 0 Å². The van der Waals surface area contributed by atoms with Gasteiger partial charge in [0.25, 0.3) is 0 Å². The molecule has 3 amide bonds. The number of fused-ring (bicyclic) bond motifs is 1. The zero-order valence-corrected chi connectivity index (χ0v) is 22.5. The molecule has 0 aromatic heterocycles. The van der Waals surface area contributed by atoms with Crippen molar-refractivity contribution in [2.75, 3.05) is 11.9 Å². The Bertz CT molecular complexity index is 1310. The molecule has 210 valence electrons. The first-order valence-electron chi connectivity index (χ1n) is 14.2. The zero-order chi connectivity index (χ0) is 27.9. The Balaban J connectivity index is 1.29.